The van der Waals surface area contributed by atoms with Gasteiger partial charge in [-0.1, -0.05) is 6.92 Å². The van der Waals surface area contributed by atoms with Crippen LogP contribution in [0, 0.1) is 24.7 Å². The monoisotopic (exact) mass is 327 g/mol. The quantitative estimate of drug-likeness (QED) is 0.673. The molecule has 2 fully saturated rings. The summed E-state index contributed by atoms with van der Waals surface area (Å²) in [4.78, 5) is 21.3. The molecule has 3 aromatic rings. The molecule has 1 saturated carbocycles. The van der Waals surface area contributed by atoms with Gasteiger partial charge in [0.2, 0.25) is 0 Å². The van der Waals surface area contributed by atoms with Crippen molar-refractivity contribution < 1.29 is 0 Å². The number of fused-ring (bicyclic) bond motifs is 2. The van der Waals surface area contributed by atoms with E-state index in [4.69, 9.17) is 4.98 Å². The summed E-state index contributed by atoms with van der Waals surface area (Å²) < 4.78 is 0.683. The number of rotatable bonds is 2. The van der Waals surface area contributed by atoms with Crippen LogP contribution in [0.4, 0.5) is 0 Å². The normalized spacial score (nSPS) is 29.1. The zero-order valence-electron chi connectivity index (χ0n) is 12.9. The molecule has 118 valence electrons. The van der Waals surface area contributed by atoms with E-state index in [-0.39, 0.29) is 11.6 Å². The molecule has 23 heavy (non-hydrogen) atoms. The number of hydrogen-bond donors (Lipinski definition) is 3. The Labute approximate surface area is 136 Å². The van der Waals surface area contributed by atoms with Crippen LogP contribution in [0.5, 0.6) is 0 Å². The van der Waals surface area contributed by atoms with Gasteiger partial charge in [-0.05, 0) is 37.3 Å². The minimum Gasteiger partial charge on any atom is -0.308 e. The summed E-state index contributed by atoms with van der Waals surface area (Å²) in [5.41, 5.74) is 2.77. The van der Waals surface area contributed by atoms with Crippen LogP contribution in [0.1, 0.15) is 24.5 Å². The van der Waals surface area contributed by atoms with Crippen LogP contribution in [0.2, 0.25) is 0 Å². The highest BCUT2D eigenvalue weighted by atomic mass is 32.1. The number of aryl methyl sites for hydroxylation is 1. The first-order valence-electron chi connectivity index (χ1n) is 7.91. The lowest BCUT2D eigenvalue weighted by molar-refractivity contribution is 0.488. The Morgan fingerprint density at radius 3 is 2.96 bits per heavy atom. The second-order valence-corrected chi connectivity index (χ2v) is 7.72. The van der Waals surface area contributed by atoms with Gasteiger partial charge in [0.05, 0.1) is 17.8 Å². The zero-order chi connectivity index (χ0) is 15.7. The lowest BCUT2D eigenvalue weighted by Gasteiger charge is -2.13. The highest BCUT2D eigenvalue weighted by Gasteiger charge is 2.56. The van der Waals surface area contributed by atoms with E-state index in [9.17, 15) is 4.79 Å². The van der Waals surface area contributed by atoms with Crippen LogP contribution < -0.4 is 10.9 Å². The number of nitrogens with zero attached hydrogens (tertiary/aromatic N) is 2. The third-order valence-corrected chi connectivity index (χ3v) is 6.54. The second-order valence-electron chi connectivity index (χ2n) is 6.67. The molecule has 3 unspecified atom stereocenters. The molecule has 6 nitrogen and oxygen atoms in total. The Kier molecular flexibility index (Phi) is 2.64. The summed E-state index contributed by atoms with van der Waals surface area (Å²) in [7, 11) is 0. The Hall–Kier alpha value is -1.99. The maximum absolute atomic E-state index is 12.5. The van der Waals surface area contributed by atoms with Crippen molar-refractivity contribution in [1.82, 2.24) is 25.5 Å². The maximum Gasteiger partial charge on any atom is 0.268 e. The Balaban J connectivity index is 1.62. The van der Waals surface area contributed by atoms with Gasteiger partial charge in [0.25, 0.3) is 5.56 Å². The molecule has 4 heterocycles. The minimum atomic E-state index is -0.0408. The van der Waals surface area contributed by atoms with E-state index >= 15 is 0 Å². The smallest absolute Gasteiger partial charge is 0.268 e. The largest absolute Gasteiger partial charge is 0.308 e. The molecule has 0 bridgehead atoms. The predicted octanol–water partition coefficient (Wildman–Crippen LogP) is 2.21. The van der Waals surface area contributed by atoms with Crippen molar-refractivity contribution in [2.75, 3.05) is 6.54 Å². The van der Waals surface area contributed by atoms with Gasteiger partial charge in [-0.2, -0.15) is 5.10 Å². The van der Waals surface area contributed by atoms with Gasteiger partial charge in [-0.25, -0.2) is 4.98 Å². The fourth-order valence-electron chi connectivity index (χ4n) is 3.97. The van der Waals surface area contributed by atoms with Crippen molar-refractivity contribution in [3.63, 3.8) is 0 Å². The molecule has 0 radical (unpaired) electrons. The SMILES string of the molecule is Cc1[nH]ncc1-c1cc2nc([C@H]3NCC4C(C)C43)[nH]c(=O)c2s1. The molecule has 0 spiro atoms. The fraction of sp³-hybridized carbons (Fsp3) is 0.438. The first-order chi connectivity index (χ1) is 11.1. The van der Waals surface area contributed by atoms with E-state index < -0.39 is 0 Å². The van der Waals surface area contributed by atoms with Crippen LogP contribution >= 0.6 is 11.3 Å². The van der Waals surface area contributed by atoms with Crippen LogP contribution in [0.15, 0.2) is 17.1 Å². The molecule has 7 heteroatoms. The fourth-order valence-corrected chi connectivity index (χ4v) is 5.03. The highest BCUT2D eigenvalue weighted by Crippen LogP contribution is 2.56. The summed E-state index contributed by atoms with van der Waals surface area (Å²) in [5.74, 6) is 2.87. The average molecular weight is 327 g/mol. The number of nitrogens with one attached hydrogen (secondary N) is 3. The molecule has 4 atom stereocenters. The van der Waals surface area contributed by atoms with Crippen molar-refractivity contribution in [2.24, 2.45) is 17.8 Å². The molecule has 2 aliphatic rings. The van der Waals surface area contributed by atoms with E-state index in [0.29, 0.717) is 10.6 Å². The summed E-state index contributed by atoms with van der Waals surface area (Å²) in [5, 5.41) is 10.5. The van der Waals surface area contributed by atoms with Gasteiger partial charge in [0.1, 0.15) is 10.5 Å². The van der Waals surface area contributed by atoms with Crippen LogP contribution in [-0.2, 0) is 0 Å². The second kappa shape index (κ2) is 4.52. The third-order valence-electron chi connectivity index (χ3n) is 5.39. The van der Waals surface area contributed by atoms with Gasteiger partial charge >= 0.3 is 0 Å². The molecular formula is C16H17N5OS. The molecule has 1 saturated heterocycles. The van der Waals surface area contributed by atoms with Gasteiger partial charge in [0, 0.05) is 16.1 Å². The van der Waals surface area contributed by atoms with Crippen molar-refractivity contribution in [1.29, 1.82) is 0 Å². The number of thiophene rings is 1. The standard InChI is InChI=1S/C16H17N5OS/c1-6-8-4-17-13(12(6)8)15-19-10-3-11(9-5-18-21-7(9)2)23-14(10)16(22)20-15/h3,5-6,8,12-13,17H,4H2,1-2H3,(H,18,21)(H,19,20,22)/t6?,8?,12?,13-/m0/s1. The van der Waals surface area contributed by atoms with Crippen molar-refractivity contribution in [2.45, 2.75) is 19.9 Å². The number of aromatic nitrogens is 4. The van der Waals surface area contributed by atoms with E-state index in [2.05, 4.69) is 27.4 Å². The van der Waals surface area contributed by atoms with Crippen molar-refractivity contribution in [3.05, 3.63) is 34.1 Å². The average Bonchev–Trinajstić information content (AvgIpc) is 3.01. The first kappa shape index (κ1) is 13.4. The highest BCUT2D eigenvalue weighted by molar-refractivity contribution is 7.22. The molecule has 1 aliphatic heterocycles. The molecule has 0 aromatic carbocycles. The summed E-state index contributed by atoms with van der Waals surface area (Å²) in [6, 6.07) is 2.19. The third kappa shape index (κ3) is 1.86. The van der Waals surface area contributed by atoms with Crippen molar-refractivity contribution in [3.8, 4) is 10.4 Å². The van der Waals surface area contributed by atoms with E-state index in [1.165, 1.54) is 11.3 Å². The van der Waals surface area contributed by atoms with Crippen LogP contribution in [0.25, 0.3) is 20.7 Å². The zero-order valence-corrected chi connectivity index (χ0v) is 13.7. The molecular weight excluding hydrogens is 310 g/mol. The van der Waals surface area contributed by atoms with Gasteiger partial charge in [-0.15, -0.1) is 11.3 Å². The van der Waals surface area contributed by atoms with Crippen LogP contribution in [0.3, 0.4) is 0 Å². The number of hydrogen-bond acceptors (Lipinski definition) is 5. The summed E-state index contributed by atoms with van der Waals surface area (Å²) in [6.07, 6.45) is 1.80. The van der Waals surface area contributed by atoms with Crippen LogP contribution in [-0.4, -0.2) is 26.7 Å². The topological polar surface area (TPSA) is 86.5 Å². The molecule has 1 aliphatic carbocycles. The van der Waals surface area contributed by atoms with Gasteiger partial charge < -0.3 is 10.3 Å². The Bertz CT molecular complexity index is 970. The Morgan fingerprint density at radius 2 is 2.26 bits per heavy atom. The van der Waals surface area contributed by atoms with E-state index in [0.717, 1.165) is 45.9 Å². The van der Waals surface area contributed by atoms with Gasteiger partial charge in [-0.3, -0.25) is 9.89 Å². The summed E-state index contributed by atoms with van der Waals surface area (Å²) >= 11 is 1.47. The predicted molar refractivity (Wildman–Crippen MR) is 89.4 cm³/mol. The van der Waals surface area contributed by atoms with Crippen molar-refractivity contribution >= 4 is 21.6 Å². The van der Waals surface area contributed by atoms with Gasteiger partial charge in [0.15, 0.2) is 0 Å². The lowest BCUT2D eigenvalue weighted by atomic mass is 10.1. The Morgan fingerprint density at radius 1 is 1.39 bits per heavy atom. The number of aromatic amines is 2. The number of H-pyrrole nitrogens is 2. The van der Waals surface area contributed by atoms with E-state index in [1.807, 2.05) is 13.0 Å². The maximum atomic E-state index is 12.5. The molecule has 0 amide bonds. The molecule has 5 rings (SSSR count). The lowest BCUT2D eigenvalue weighted by Crippen LogP contribution is -2.24. The first-order valence-corrected chi connectivity index (χ1v) is 8.72. The minimum absolute atomic E-state index is 0.0408. The summed E-state index contributed by atoms with van der Waals surface area (Å²) in [6.45, 7) is 5.29. The van der Waals surface area contributed by atoms with E-state index in [1.54, 1.807) is 6.20 Å². The molecule has 3 aromatic heterocycles. The molecule has 3 N–H and O–H groups in total. The number of piperidine rings is 1.